The van der Waals surface area contributed by atoms with Gasteiger partial charge < -0.3 is 10.2 Å². The lowest BCUT2D eigenvalue weighted by molar-refractivity contribution is -0.131. The van der Waals surface area contributed by atoms with Crippen molar-refractivity contribution in [2.24, 2.45) is 0 Å². The van der Waals surface area contributed by atoms with Crippen LogP contribution in [0, 0.1) is 6.92 Å². The summed E-state index contributed by atoms with van der Waals surface area (Å²) in [7, 11) is 1.83. The van der Waals surface area contributed by atoms with Crippen LogP contribution in [0.15, 0.2) is 24.3 Å². The van der Waals surface area contributed by atoms with Gasteiger partial charge in [0, 0.05) is 38.0 Å². The zero-order chi connectivity index (χ0) is 14.5. The van der Waals surface area contributed by atoms with Crippen LogP contribution in [0.1, 0.15) is 35.2 Å². The smallest absolute Gasteiger partial charge is 0.223 e. The standard InChI is InChI=1S/C16H22N2O2.ClH/c1-12-3-5-13(6-4-12)15(19)7-8-16(20)18(2)14-9-10-17-11-14;/h3-6,14,17H,7-11H2,1-2H3;1H. The van der Waals surface area contributed by atoms with E-state index in [1.54, 1.807) is 4.90 Å². The molecule has 1 saturated heterocycles. The highest BCUT2D eigenvalue weighted by molar-refractivity contribution is 5.97. The molecule has 1 unspecified atom stereocenters. The van der Waals surface area contributed by atoms with Gasteiger partial charge in [-0.2, -0.15) is 0 Å². The van der Waals surface area contributed by atoms with E-state index >= 15 is 0 Å². The number of carbonyl (C=O) groups excluding carboxylic acids is 2. The molecule has 1 aromatic rings. The number of rotatable bonds is 5. The van der Waals surface area contributed by atoms with Gasteiger partial charge in [0.05, 0.1) is 0 Å². The number of ketones is 1. The summed E-state index contributed by atoms with van der Waals surface area (Å²) >= 11 is 0. The fourth-order valence-electron chi connectivity index (χ4n) is 2.45. The monoisotopic (exact) mass is 310 g/mol. The number of Topliss-reactive ketones (excluding diaryl/α,β-unsaturated/α-hetero) is 1. The van der Waals surface area contributed by atoms with Gasteiger partial charge in [0.15, 0.2) is 5.78 Å². The molecule has 1 aliphatic heterocycles. The number of amides is 1. The van der Waals surface area contributed by atoms with Gasteiger partial charge >= 0.3 is 0 Å². The highest BCUT2D eigenvalue weighted by Gasteiger charge is 2.23. The second-order valence-electron chi connectivity index (χ2n) is 5.44. The van der Waals surface area contributed by atoms with Crippen molar-refractivity contribution in [1.82, 2.24) is 10.2 Å². The minimum atomic E-state index is 0. The first kappa shape index (κ1) is 17.7. The van der Waals surface area contributed by atoms with Crippen LogP contribution in [0.5, 0.6) is 0 Å². The molecule has 116 valence electrons. The van der Waals surface area contributed by atoms with Gasteiger partial charge in [-0.3, -0.25) is 9.59 Å². The van der Waals surface area contributed by atoms with Gasteiger partial charge in [-0.25, -0.2) is 0 Å². The second kappa shape index (κ2) is 8.15. The van der Waals surface area contributed by atoms with Crippen LogP contribution >= 0.6 is 12.4 Å². The Kier molecular flexibility index (Phi) is 6.85. The maximum absolute atomic E-state index is 12.1. The summed E-state index contributed by atoms with van der Waals surface area (Å²) < 4.78 is 0. The van der Waals surface area contributed by atoms with E-state index in [9.17, 15) is 9.59 Å². The first-order chi connectivity index (χ1) is 9.58. The van der Waals surface area contributed by atoms with Crippen LogP contribution in [0.25, 0.3) is 0 Å². The van der Waals surface area contributed by atoms with Crippen molar-refractivity contribution in [3.05, 3.63) is 35.4 Å². The topological polar surface area (TPSA) is 49.4 Å². The zero-order valence-electron chi connectivity index (χ0n) is 12.6. The van der Waals surface area contributed by atoms with Crippen LogP contribution in [-0.2, 0) is 4.79 Å². The first-order valence-corrected chi connectivity index (χ1v) is 7.14. The fourth-order valence-corrected chi connectivity index (χ4v) is 2.45. The molecular formula is C16H23ClN2O2. The molecule has 1 aromatic carbocycles. The number of likely N-dealkylation sites (N-methyl/N-ethyl adjacent to an activating group) is 1. The van der Waals surface area contributed by atoms with Crippen LogP contribution in [0.4, 0.5) is 0 Å². The molecule has 0 radical (unpaired) electrons. The molecule has 0 saturated carbocycles. The lowest BCUT2D eigenvalue weighted by Crippen LogP contribution is -2.38. The van der Waals surface area contributed by atoms with Gasteiger partial charge in [-0.15, -0.1) is 12.4 Å². The maximum Gasteiger partial charge on any atom is 0.223 e. The van der Waals surface area contributed by atoms with E-state index in [1.807, 2.05) is 38.2 Å². The van der Waals surface area contributed by atoms with Crippen LogP contribution in [0.3, 0.4) is 0 Å². The molecule has 0 aromatic heterocycles. The Morgan fingerprint density at radius 2 is 1.90 bits per heavy atom. The fraction of sp³-hybridized carbons (Fsp3) is 0.500. The van der Waals surface area contributed by atoms with Gasteiger partial charge in [0.1, 0.15) is 0 Å². The minimum Gasteiger partial charge on any atom is -0.341 e. The minimum absolute atomic E-state index is 0. The maximum atomic E-state index is 12.1. The van der Waals surface area contributed by atoms with E-state index < -0.39 is 0 Å². The Hall–Kier alpha value is -1.39. The normalized spacial score (nSPS) is 17.1. The average Bonchev–Trinajstić information content (AvgIpc) is 2.98. The SMILES string of the molecule is Cc1ccc(C(=O)CCC(=O)N(C)C2CCNC2)cc1.Cl. The number of aryl methyl sites for hydroxylation is 1. The van der Waals surface area contributed by atoms with E-state index in [4.69, 9.17) is 0 Å². The van der Waals surface area contributed by atoms with Gasteiger partial charge in [-0.1, -0.05) is 29.8 Å². The summed E-state index contributed by atoms with van der Waals surface area (Å²) in [6.07, 6.45) is 1.57. The summed E-state index contributed by atoms with van der Waals surface area (Å²) in [5.41, 5.74) is 1.82. The number of halogens is 1. The molecule has 1 N–H and O–H groups in total. The van der Waals surface area contributed by atoms with Crippen LogP contribution < -0.4 is 5.32 Å². The number of benzene rings is 1. The van der Waals surface area contributed by atoms with E-state index in [1.165, 1.54) is 0 Å². The Bertz CT molecular complexity index is 482. The van der Waals surface area contributed by atoms with Crippen LogP contribution in [0.2, 0.25) is 0 Å². The molecule has 2 rings (SSSR count). The highest BCUT2D eigenvalue weighted by Crippen LogP contribution is 2.11. The van der Waals surface area contributed by atoms with E-state index in [0.29, 0.717) is 12.0 Å². The predicted molar refractivity (Wildman–Crippen MR) is 86.0 cm³/mol. The Labute approximate surface area is 132 Å². The molecule has 21 heavy (non-hydrogen) atoms. The first-order valence-electron chi connectivity index (χ1n) is 7.14. The third-order valence-corrected chi connectivity index (χ3v) is 3.91. The molecule has 5 heteroatoms. The summed E-state index contributed by atoms with van der Waals surface area (Å²) in [5.74, 6) is 0.0930. The molecule has 0 bridgehead atoms. The summed E-state index contributed by atoms with van der Waals surface area (Å²) in [6.45, 7) is 3.81. The molecule has 1 heterocycles. The molecule has 0 spiro atoms. The summed E-state index contributed by atoms with van der Waals surface area (Å²) in [5, 5.41) is 3.24. The largest absolute Gasteiger partial charge is 0.341 e. The number of carbonyl (C=O) groups is 2. The second-order valence-corrected chi connectivity index (χ2v) is 5.44. The predicted octanol–water partition coefficient (Wildman–Crippen LogP) is 2.20. The number of nitrogens with zero attached hydrogens (tertiary/aromatic N) is 1. The van der Waals surface area contributed by atoms with Crippen LogP contribution in [-0.4, -0.2) is 42.8 Å². The van der Waals surface area contributed by atoms with E-state index in [2.05, 4.69) is 5.32 Å². The van der Waals surface area contributed by atoms with Crippen molar-refractivity contribution >= 4 is 24.1 Å². The third-order valence-electron chi connectivity index (χ3n) is 3.91. The Morgan fingerprint density at radius 1 is 1.24 bits per heavy atom. The van der Waals surface area contributed by atoms with Crippen molar-refractivity contribution in [3.8, 4) is 0 Å². The molecular weight excluding hydrogens is 288 g/mol. The molecule has 0 aliphatic carbocycles. The molecule has 1 amide bonds. The highest BCUT2D eigenvalue weighted by atomic mass is 35.5. The average molecular weight is 311 g/mol. The van der Waals surface area contributed by atoms with E-state index in [0.717, 1.165) is 25.1 Å². The van der Waals surface area contributed by atoms with Crippen molar-refractivity contribution in [3.63, 3.8) is 0 Å². The van der Waals surface area contributed by atoms with Crippen molar-refractivity contribution in [1.29, 1.82) is 0 Å². The lowest BCUT2D eigenvalue weighted by atomic mass is 10.0. The number of hydrogen-bond donors (Lipinski definition) is 1. The lowest BCUT2D eigenvalue weighted by Gasteiger charge is -2.23. The van der Waals surface area contributed by atoms with Gasteiger partial charge in [-0.05, 0) is 19.9 Å². The third kappa shape index (κ3) is 4.83. The Balaban J connectivity index is 0.00000220. The van der Waals surface area contributed by atoms with E-state index in [-0.39, 0.29) is 36.6 Å². The molecule has 4 nitrogen and oxygen atoms in total. The molecule has 1 atom stereocenters. The quantitative estimate of drug-likeness (QED) is 0.848. The summed E-state index contributed by atoms with van der Waals surface area (Å²) in [4.78, 5) is 25.9. The number of nitrogens with one attached hydrogen (secondary N) is 1. The van der Waals surface area contributed by atoms with Gasteiger partial charge in [0.2, 0.25) is 5.91 Å². The molecule has 1 aliphatic rings. The van der Waals surface area contributed by atoms with Crippen molar-refractivity contribution < 1.29 is 9.59 Å². The number of hydrogen-bond acceptors (Lipinski definition) is 3. The summed E-state index contributed by atoms with van der Waals surface area (Å²) in [6, 6.07) is 7.77. The zero-order valence-corrected chi connectivity index (χ0v) is 13.4. The van der Waals surface area contributed by atoms with Crippen molar-refractivity contribution in [2.75, 3.05) is 20.1 Å². The Morgan fingerprint density at radius 3 is 2.48 bits per heavy atom. The molecule has 1 fully saturated rings. The van der Waals surface area contributed by atoms with Crippen molar-refractivity contribution in [2.45, 2.75) is 32.2 Å². The van der Waals surface area contributed by atoms with Gasteiger partial charge in [0.25, 0.3) is 0 Å².